The maximum absolute atomic E-state index is 9.79. The topological polar surface area (TPSA) is 67.1 Å². The fourth-order valence-electron chi connectivity index (χ4n) is 2.16. The lowest BCUT2D eigenvalue weighted by Crippen LogP contribution is -2.37. The van der Waals surface area contributed by atoms with Gasteiger partial charge in [-0.3, -0.25) is 0 Å². The maximum atomic E-state index is 9.79. The first-order chi connectivity index (χ1) is 9.46. The Bertz CT molecular complexity index is 532. The third-order valence-corrected chi connectivity index (χ3v) is 2.91. The highest BCUT2D eigenvalue weighted by Crippen LogP contribution is 2.08. The van der Waals surface area contributed by atoms with Crippen LogP contribution in [0.4, 0.5) is 0 Å². The van der Waals surface area contributed by atoms with Crippen molar-refractivity contribution >= 4 is 0 Å². The number of benzene rings is 1. The number of tetrazole rings is 1. The molecule has 1 heterocycles. The maximum Gasteiger partial charge on any atom is 0.157 e. The molecule has 108 valence electrons. The average molecular weight is 275 g/mol. The van der Waals surface area contributed by atoms with Crippen LogP contribution in [0.25, 0.3) is 5.69 Å². The molecule has 0 aliphatic rings. The Morgan fingerprint density at radius 1 is 1.25 bits per heavy atom. The molecule has 6 heteroatoms. The van der Waals surface area contributed by atoms with Crippen LogP contribution in [0.15, 0.2) is 30.3 Å². The zero-order valence-corrected chi connectivity index (χ0v) is 12.2. The van der Waals surface area contributed by atoms with Gasteiger partial charge in [0, 0.05) is 19.5 Å². The summed E-state index contributed by atoms with van der Waals surface area (Å²) in [7, 11) is 1.98. The summed E-state index contributed by atoms with van der Waals surface area (Å²) in [6.07, 6.45) is 0.731. The first-order valence-electron chi connectivity index (χ1n) is 6.69. The summed E-state index contributed by atoms with van der Waals surface area (Å²) in [6, 6.07) is 9.83. The van der Waals surface area contributed by atoms with E-state index in [1.807, 2.05) is 37.4 Å². The Balaban J connectivity index is 2.00. The molecule has 20 heavy (non-hydrogen) atoms. The van der Waals surface area contributed by atoms with Crippen molar-refractivity contribution in [1.82, 2.24) is 25.1 Å². The van der Waals surface area contributed by atoms with Gasteiger partial charge in [-0.25, -0.2) is 0 Å². The minimum absolute atomic E-state index is 0.611. The van der Waals surface area contributed by atoms with Gasteiger partial charge in [-0.2, -0.15) is 4.68 Å². The van der Waals surface area contributed by atoms with E-state index in [0.717, 1.165) is 24.5 Å². The van der Waals surface area contributed by atoms with Crippen molar-refractivity contribution < 1.29 is 5.11 Å². The first kappa shape index (κ1) is 14.6. The lowest BCUT2D eigenvalue weighted by Gasteiger charge is -2.25. The Morgan fingerprint density at radius 2 is 1.95 bits per heavy atom. The summed E-state index contributed by atoms with van der Waals surface area (Å²) < 4.78 is 1.75. The fourth-order valence-corrected chi connectivity index (χ4v) is 2.16. The van der Waals surface area contributed by atoms with Gasteiger partial charge in [0.25, 0.3) is 0 Å². The predicted octanol–water partition coefficient (Wildman–Crippen LogP) is 0.907. The van der Waals surface area contributed by atoms with Crippen molar-refractivity contribution in [2.24, 2.45) is 0 Å². The van der Waals surface area contributed by atoms with E-state index in [2.05, 4.69) is 20.4 Å². The molecule has 0 aliphatic heterocycles. The molecular formula is C14H21N5O. The van der Waals surface area contributed by atoms with E-state index in [9.17, 15) is 5.11 Å². The van der Waals surface area contributed by atoms with Crippen LogP contribution in [0.3, 0.4) is 0 Å². The number of aromatic nitrogens is 4. The van der Waals surface area contributed by atoms with Crippen molar-refractivity contribution in [2.75, 3.05) is 20.1 Å². The molecule has 0 atom stereocenters. The van der Waals surface area contributed by atoms with Crippen LogP contribution in [0.1, 0.15) is 19.7 Å². The SMILES string of the molecule is CN(CCc1nnnn1-c1ccccc1)CC(C)(C)O. The molecule has 0 unspecified atom stereocenters. The monoisotopic (exact) mass is 275 g/mol. The molecule has 1 aromatic carbocycles. The number of para-hydroxylation sites is 1. The second kappa shape index (κ2) is 6.11. The van der Waals surface area contributed by atoms with Crippen molar-refractivity contribution in [3.05, 3.63) is 36.2 Å². The van der Waals surface area contributed by atoms with Crippen LogP contribution in [-0.2, 0) is 6.42 Å². The first-order valence-corrected chi connectivity index (χ1v) is 6.69. The third kappa shape index (κ3) is 4.11. The fraction of sp³-hybridized carbons (Fsp3) is 0.500. The quantitative estimate of drug-likeness (QED) is 0.848. The molecule has 0 fully saturated rings. The Morgan fingerprint density at radius 3 is 2.60 bits per heavy atom. The van der Waals surface area contributed by atoms with Crippen LogP contribution >= 0.6 is 0 Å². The third-order valence-electron chi connectivity index (χ3n) is 2.91. The second-order valence-corrected chi connectivity index (χ2v) is 5.64. The number of aliphatic hydroxyl groups is 1. The summed E-state index contributed by atoms with van der Waals surface area (Å²) in [5.41, 5.74) is 0.262. The molecule has 0 amide bonds. The normalized spacial score (nSPS) is 12.1. The molecule has 6 nitrogen and oxygen atoms in total. The molecule has 0 spiro atoms. The van der Waals surface area contributed by atoms with Gasteiger partial charge in [0.1, 0.15) is 0 Å². The van der Waals surface area contributed by atoms with Crippen molar-refractivity contribution in [3.63, 3.8) is 0 Å². The van der Waals surface area contributed by atoms with E-state index in [4.69, 9.17) is 0 Å². The lowest BCUT2D eigenvalue weighted by atomic mass is 10.1. The largest absolute Gasteiger partial charge is 0.389 e. The minimum atomic E-state index is -0.694. The summed E-state index contributed by atoms with van der Waals surface area (Å²) >= 11 is 0. The van der Waals surface area contributed by atoms with E-state index in [1.165, 1.54) is 0 Å². The summed E-state index contributed by atoms with van der Waals surface area (Å²) in [5, 5.41) is 21.6. The van der Waals surface area contributed by atoms with E-state index >= 15 is 0 Å². The number of likely N-dealkylation sites (N-methyl/N-ethyl adjacent to an activating group) is 1. The minimum Gasteiger partial charge on any atom is -0.389 e. The molecule has 0 saturated carbocycles. The number of rotatable bonds is 6. The molecule has 0 aliphatic carbocycles. The van der Waals surface area contributed by atoms with E-state index in [0.29, 0.717) is 6.54 Å². The molecule has 0 radical (unpaired) electrons. The van der Waals surface area contributed by atoms with E-state index in [-0.39, 0.29) is 0 Å². The molecule has 0 saturated heterocycles. The molecular weight excluding hydrogens is 254 g/mol. The van der Waals surface area contributed by atoms with E-state index in [1.54, 1.807) is 18.5 Å². The summed E-state index contributed by atoms with van der Waals surface area (Å²) in [5.74, 6) is 0.818. The highest BCUT2D eigenvalue weighted by molar-refractivity contribution is 5.30. The van der Waals surface area contributed by atoms with Gasteiger partial charge in [0.05, 0.1) is 11.3 Å². The van der Waals surface area contributed by atoms with Crippen LogP contribution in [0.2, 0.25) is 0 Å². The Kier molecular flexibility index (Phi) is 4.46. The lowest BCUT2D eigenvalue weighted by molar-refractivity contribution is 0.0448. The number of hydrogen-bond acceptors (Lipinski definition) is 5. The van der Waals surface area contributed by atoms with E-state index < -0.39 is 5.60 Å². The Labute approximate surface area is 119 Å². The van der Waals surface area contributed by atoms with Crippen LogP contribution in [0, 0.1) is 0 Å². The number of hydrogen-bond donors (Lipinski definition) is 1. The molecule has 2 rings (SSSR count). The second-order valence-electron chi connectivity index (χ2n) is 5.64. The smallest absolute Gasteiger partial charge is 0.157 e. The van der Waals surface area contributed by atoms with Gasteiger partial charge in [-0.1, -0.05) is 18.2 Å². The summed E-state index contributed by atoms with van der Waals surface area (Å²) in [6.45, 7) is 5.01. The van der Waals surface area contributed by atoms with Crippen molar-refractivity contribution in [2.45, 2.75) is 25.9 Å². The van der Waals surface area contributed by atoms with Gasteiger partial charge >= 0.3 is 0 Å². The van der Waals surface area contributed by atoms with Gasteiger partial charge in [-0.15, -0.1) is 5.10 Å². The standard InChI is InChI=1S/C14H21N5O/c1-14(2,20)11-18(3)10-9-13-15-16-17-19(13)12-7-5-4-6-8-12/h4-8,20H,9-11H2,1-3H3. The zero-order valence-electron chi connectivity index (χ0n) is 12.2. The van der Waals surface area contributed by atoms with Crippen LogP contribution in [-0.4, -0.2) is 56.0 Å². The van der Waals surface area contributed by atoms with Gasteiger partial charge in [0.15, 0.2) is 5.82 Å². The van der Waals surface area contributed by atoms with Crippen molar-refractivity contribution in [3.8, 4) is 5.69 Å². The van der Waals surface area contributed by atoms with Gasteiger partial charge < -0.3 is 10.0 Å². The van der Waals surface area contributed by atoms with Gasteiger partial charge in [-0.05, 0) is 43.5 Å². The van der Waals surface area contributed by atoms with Crippen molar-refractivity contribution in [1.29, 1.82) is 0 Å². The molecule has 1 aromatic heterocycles. The van der Waals surface area contributed by atoms with Crippen LogP contribution < -0.4 is 0 Å². The average Bonchev–Trinajstić information content (AvgIpc) is 2.83. The highest BCUT2D eigenvalue weighted by Gasteiger charge is 2.16. The highest BCUT2D eigenvalue weighted by atomic mass is 16.3. The van der Waals surface area contributed by atoms with Gasteiger partial charge in [0.2, 0.25) is 0 Å². The van der Waals surface area contributed by atoms with Crippen LogP contribution in [0.5, 0.6) is 0 Å². The Hall–Kier alpha value is -1.79. The molecule has 2 aromatic rings. The molecule has 1 N–H and O–H groups in total. The number of nitrogens with zero attached hydrogens (tertiary/aromatic N) is 5. The zero-order chi connectivity index (χ0) is 14.6. The summed E-state index contributed by atoms with van der Waals surface area (Å²) in [4.78, 5) is 2.07. The molecule has 0 bridgehead atoms. The predicted molar refractivity (Wildman–Crippen MR) is 76.7 cm³/mol.